The molecule has 0 fully saturated rings. The van der Waals surface area contributed by atoms with Gasteiger partial charge in [0.15, 0.2) is 0 Å². The van der Waals surface area contributed by atoms with Crippen molar-refractivity contribution in [2.75, 3.05) is 0 Å². The molecule has 2 nitrogen and oxygen atoms in total. The maximum absolute atomic E-state index is 4.22. The zero-order valence-electron chi connectivity index (χ0n) is 10.1. The Bertz CT molecular complexity index is 227. The van der Waals surface area contributed by atoms with Gasteiger partial charge in [0.1, 0.15) is 5.82 Å². The highest BCUT2D eigenvalue weighted by Gasteiger charge is 1.96. The van der Waals surface area contributed by atoms with Gasteiger partial charge in [0.25, 0.3) is 0 Å². The van der Waals surface area contributed by atoms with Crippen LogP contribution in [-0.2, 0) is 6.42 Å². The van der Waals surface area contributed by atoms with E-state index in [-0.39, 0.29) is 0 Å². The molecule has 0 aromatic carbocycles. The second-order valence-corrected chi connectivity index (χ2v) is 4.74. The van der Waals surface area contributed by atoms with E-state index >= 15 is 0 Å². The van der Waals surface area contributed by atoms with Gasteiger partial charge in [0.2, 0.25) is 0 Å². The molecule has 2 heteroatoms. The van der Waals surface area contributed by atoms with Crippen LogP contribution in [0.2, 0.25) is 0 Å². The predicted octanol–water partition coefficient (Wildman–Crippen LogP) is 3.95. The quantitative estimate of drug-likeness (QED) is 0.644. The van der Waals surface area contributed by atoms with Crippen molar-refractivity contribution in [2.24, 2.45) is 5.92 Å². The topological polar surface area (TPSA) is 28.7 Å². The molecule has 1 heterocycles. The van der Waals surface area contributed by atoms with Crippen molar-refractivity contribution < 1.29 is 0 Å². The second-order valence-electron chi connectivity index (χ2n) is 4.74. The van der Waals surface area contributed by atoms with Crippen molar-refractivity contribution in [2.45, 2.75) is 58.8 Å². The summed E-state index contributed by atoms with van der Waals surface area (Å²) in [4.78, 5) is 7.36. The van der Waals surface area contributed by atoms with E-state index in [4.69, 9.17) is 0 Å². The lowest BCUT2D eigenvalue weighted by Crippen LogP contribution is -1.90. The van der Waals surface area contributed by atoms with Gasteiger partial charge < -0.3 is 4.98 Å². The Hall–Kier alpha value is -0.790. The van der Waals surface area contributed by atoms with Crippen LogP contribution >= 0.6 is 0 Å². The standard InChI is InChI=1S/C13H24N2/c1-12(2)8-6-4-3-5-7-9-13-14-10-11-15-13/h10-12H,3-9H2,1-2H3,(H,14,15). The summed E-state index contributed by atoms with van der Waals surface area (Å²) in [7, 11) is 0. The van der Waals surface area contributed by atoms with Gasteiger partial charge in [-0.25, -0.2) is 4.98 Å². The Morgan fingerprint density at radius 3 is 2.53 bits per heavy atom. The van der Waals surface area contributed by atoms with E-state index in [1.807, 2.05) is 12.4 Å². The number of hydrogen-bond donors (Lipinski definition) is 1. The summed E-state index contributed by atoms with van der Waals surface area (Å²) < 4.78 is 0. The van der Waals surface area contributed by atoms with E-state index in [1.54, 1.807) is 0 Å². The molecular weight excluding hydrogens is 184 g/mol. The van der Waals surface area contributed by atoms with E-state index in [9.17, 15) is 0 Å². The summed E-state index contributed by atoms with van der Waals surface area (Å²) in [6.07, 6.45) is 13.0. The van der Waals surface area contributed by atoms with E-state index in [0.717, 1.165) is 18.2 Å². The Morgan fingerprint density at radius 1 is 1.13 bits per heavy atom. The molecule has 0 aliphatic carbocycles. The monoisotopic (exact) mass is 208 g/mol. The van der Waals surface area contributed by atoms with Gasteiger partial charge in [0, 0.05) is 18.8 Å². The lowest BCUT2D eigenvalue weighted by Gasteiger charge is -2.03. The molecule has 0 atom stereocenters. The summed E-state index contributed by atoms with van der Waals surface area (Å²) in [6, 6.07) is 0. The molecule has 0 aliphatic heterocycles. The number of rotatable bonds is 8. The Morgan fingerprint density at radius 2 is 1.87 bits per heavy atom. The molecule has 0 amide bonds. The number of H-pyrrole nitrogens is 1. The Balaban J connectivity index is 1.85. The average molecular weight is 208 g/mol. The van der Waals surface area contributed by atoms with Crippen LogP contribution in [0.25, 0.3) is 0 Å². The van der Waals surface area contributed by atoms with E-state index in [1.165, 1.54) is 38.5 Å². The first kappa shape index (κ1) is 12.3. The Kier molecular flexibility index (Phi) is 6.14. The Labute approximate surface area is 93.5 Å². The van der Waals surface area contributed by atoms with Gasteiger partial charge in [0.05, 0.1) is 0 Å². The van der Waals surface area contributed by atoms with Crippen LogP contribution < -0.4 is 0 Å². The van der Waals surface area contributed by atoms with Gasteiger partial charge in [-0.1, -0.05) is 46.0 Å². The van der Waals surface area contributed by atoms with Crippen molar-refractivity contribution in [3.05, 3.63) is 18.2 Å². The number of aryl methyl sites for hydroxylation is 1. The van der Waals surface area contributed by atoms with Crippen LogP contribution in [-0.4, -0.2) is 9.97 Å². The van der Waals surface area contributed by atoms with Crippen molar-refractivity contribution in [1.82, 2.24) is 9.97 Å². The van der Waals surface area contributed by atoms with Crippen LogP contribution in [0, 0.1) is 5.92 Å². The minimum atomic E-state index is 0.869. The fourth-order valence-electron chi connectivity index (χ4n) is 1.81. The van der Waals surface area contributed by atoms with Crippen LogP contribution in [0.1, 0.15) is 58.2 Å². The van der Waals surface area contributed by atoms with Crippen molar-refractivity contribution >= 4 is 0 Å². The summed E-state index contributed by atoms with van der Waals surface area (Å²) in [5, 5.41) is 0. The average Bonchev–Trinajstić information content (AvgIpc) is 2.68. The summed E-state index contributed by atoms with van der Waals surface area (Å²) in [5.74, 6) is 2.00. The van der Waals surface area contributed by atoms with Gasteiger partial charge in [-0.3, -0.25) is 0 Å². The predicted molar refractivity (Wildman–Crippen MR) is 64.8 cm³/mol. The van der Waals surface area contributed by atoms with Crippen molar-refractivity contribution in [3.63, 3.8) is 0 Å². The largest absolute Gasteiger partial charge is 0.349 e. The van der Waals surface area contributed by atoms with Crippen LogP contribution in [0.4, 0.5) is 0 Å². The van der Waals surface area contributed by atoms with Crippen molar-refractivity contribution in [1.29, 1.82) is 0 Å². The number of nitrogens with one attached hydrogen (secondary N) is 1. The summed E-state index contributed by atoms with van der Waals surface area (Å²) >= 11 is 0. The smallest absolute Gasteiger partial charge is 0.105 e. The molecule has 0 radical (unpaired) electrons. The van der Waals surface area contributed by atoms with E-state index in [2.05, 4.69) is 23.8 Å². The fraction of sp³-hybridized carbons (Fsp3) is 0.769. The zero-order valence-corrected chi connectivity index (χ0v) is 10.1. The minimum Gasteiger partial charge on any atom is -0.349 e. The maximum Gasteiger partial charge on any atom is 0.105 e. The molecule has 1 rings (SSSR count). The van der Waals surface area contributed by atoms with Gasteiger partial charge in [-0.05, 0) is 12.3 Å². The maximum atomic E-state index is 4.22. The van der Waals surface area contributed by atoms with Crippen LogP contribution in [0.3, 0.4) is 0 Å². The molecule has 1 aromatic heterocycles. The SMILES string of the molecule is CC(C)CCCCCCCc1ncc[nH]1. The van der Waals surface area contributed by atoms with Crippen molar-refractivity contribution in [3.8, 4) is 0 Å². The normalized spacial score (nSPS) is 11.1. The van der Waals surface area contributed by atoms with Gasteiger partial charge >= 0.3 is 0 Å². The molecule has 0 saturated carbocycles. The van der Waals surface area contributed by atoms with Crippen LogP contribution in [0.15, 0.2) is 12.4 Å². The second kappa shape index (κ2) is 7.49. The van der Waals surface area contributed by atoms with E-state index in [0.29, 0.717) is 0 Å². The third-order valence-electron chi connectivity index (χ3n) is 2.75. The molecule has 0 unspecified atom stereocenters. The number of imidazole rings is 1. The number of hydrogen-bond acceptors (Lipinski definition) is 1. The first-order valence-corrected chi connectivity index (χ1v) is 6.27. The van der Waals surface area contributed by atoms with Gasteiger partial charge in [-0.2, -0.15) is 0 Å². The first-order chi connectivity index (χ1) is 7.29. The number of nitrogens with zero attached hydrogens (tertiary/aromatic N) is 1. The highest BCUT2D eigenvalue weighted by Crippen LogP contribution is 2.11. The molecule has 86 valence electrons. The molecule has 1 N–H and O–H groups in total. The van der Waals surface area contributed by atoms with Gasteiger partial charge in [-0.15, -0.1) is 0 Å². The molecule has 0 spiro atoms. The molecule has 1 aromatic rings. The summed E-state index contributed by atoms with van der Waals surface area (Å²) in [5.41, 5.74) is 0. The number of aromatic amines is 1. The third-order valence-corrected chi connectivity index (χ3v) is 2.75. The third kappa shape index (κ3) is 6.32. The molecule has 0 saturated heterocycles. The number of unbranched alkanes of at least 4 members (excludes halogenated alkanes) is 4. The lowest BCUT2D eigenvalue weighted by molar-refractivity contribution is 0.514. The zero-order chi connectivity index (χ0) is 10.9. The first-order valence-electron chi connectivity index (χ1n) is 6.27. The highest BCUT2D eigenvalue weighted by molar-refractivity contribution is 4.86. The van der Waals surface area contributed by atoms with E-state index < -0.39 is 0 Å². The molecule has 15 heavy (non-hydrogen) atoms. The lowest BCUT2D eigenvalue weighted by atomic mass is 10.0. The minimum absolute atomic E-state index is 0.869. The fourth-order valence-corrected chi connectivity index (χ4v) is 1.81. The molecular formula is C13H24N2. The highest BCUT2D eigenvalue weighted by atomic mass is 14.9. The molecule has 0 aliphatic rings. The number of aromatic nitrogens is 2. The van der Waals surface area contributed by atoms with Crippen LogP contribution in [0.5, 0.6) is 0 Å². The summed E-state index contributed by atoms with van der Waals surface area (Å²) in [6.45, 7) is 4.60. The molecule has 0 bridgehead atoms.